The van der Waals surface area contributed by atoms with Crippen LogP contribution in [0.25, 0.3) is 11.3 Å². The van der Waals surface area contributed by atoms with E-state index in [1.54, 1.807) is 37.4 Å². The summed E-state index contributed by atoms with van der Waals surface area (Å²) in [5.41, 5.74) is 2.65. The first-order valence-electron chi connectivity index (χ1n) is 8.31. The summed E-state index contributed by atoms with van der Waals surface area (Å²) in [7, 11) is -1.98. The van der Waals surface area contributed by atoms with Gasteiger partial charge in [0.2, 0.25) is 0 Å². The van der Waals surface area contributed by atoms with Crippen molar-refractivity contribution in [1.82, 2.24) is 9.78 Å². The van der Waals surface area contributed by atoms with E-state index in [0.29, 0.717) is 16.5 Å². The Balaban J connectivity index is 1.84. The smallest absolute Gasteiger partial charge is 0.263 e. The zero-order valence-electron chi connectivity index (χ0n) is 14.6. The Morgan fingerprint density at radius 2 is 1.73 bits per heavy atom. The molecular formula is C19H20ClN3O2S. The van der Waals surface area contributed by atoms with Crippen LogP contribution >= 0.6 is 11.6 Å². The van der Waals surface area contributed by atoms with Crippen LogP contribution in [0.15, 0.2) is 59.5 Å². The maximum absolute atomic E-state index is 12.6. The van der Waals surface area contributed by atoms with Crippen molar-refractivity contribution in [3.8, 4) is 11.3 Å². The van der Waals surface area contributed by atoms with Gasteiger partial charge in [-0.05, 0) is 36.2 Å². The lowest BCUT2D eigenvalue weighted by atomic mass is 10.1. The molecule has 1 N–H and O–H groups in total. The Morgan fingerprint density at radius 3 is 2.35 bits per heavy atom. The van der Waals surface area contributed by atoms with Gasteiger partial charge < -0.3 is 0 Å². The molecule has 1 heterocycles. The predicted molar refractivity (Wildman–Crippen MR) is 105 cm³/mol. The highest BCUT2D eigenvalue weighted by molar-refractivity contribution is 7.92. The van der Waals surface area contributed by atoms with Gasteiger partial charge in [-0.25, -0.2) is 8.42 Å². The van der Waals surface area contributed by atoms with E-state index in [1.807, 2.05) is 24.3 Å². The molecule has 0 fully saturated rings. The minimum atomic E-state index is -3.68. The number of aromatic nitrogens is 2. The first kappa shape index (κ1) is 18.5. The Kier molecular flexibility index (Phi) is 5.34. The summed E-state index contributed by atoms with van der Waals surface area (Å²) in [4.78, 5) is 0.228. The molecule has 0 radical (unpaired) electrons. The van der Waals surface area contributed by atoms with Crippen molar-refractivity contribution in [2.24, 2.45) is 7.05 Å². The lowest BCUT2D eigenvalue weighted by Gasteiger charge is -2.08. The summed E-state index contributed by atoms with van der Waals surface area (Å²) in [6.45, 7) is 2.09. The lowest BCUT2D eigenvalue weighted by molar-refractivity contribution is 0.600. The molecule has 5 nitrogen and oxygen atoms in total. The molecule has 0 atom stereocenters. The fourth-order valence-corrected chi connectivity index (χ4v) is 3.85. The van der Waals surface area contributed by atoms with Gasteiger partial charge in [0, 0.05) is 23.7 Å². The van der Waals surface area contributed by atoms with Gasteiger partial charge in [-0.2, -0.15) is 5.10 Å². The SMILES string of the molecule is CCCc1ccc(S(=O)(=O)Nc2cc(-c3ccc(Cl)cc3)nn2C)cc1. The molecule has 3 rings (SSSR count). The molecule has 7 heteroatoms. The number of sulfonamides is 1. The molecule has 1 aromatic heterocycles. The van der Waals surface area contributed by atoms with Crippen molar-refractivity contribution < 1.29 is 8.42 Å². The van der Waals surface area contributed by atoms with Crippen LogP contribution < -0.4 is 4.72 Å². The Morgan fingerprint density at radius 1 is 1.08 bits per heavy atom. The van der Waals surface area contributed by atoms with Crippen molar-refractivity contribution in [3.05, 3.63) is 65.2 Å². The number of nitrogens with one attached hydrogen (secondary N) is 1. The number of rotatable bonds is 6. The van der Waals surface area contributed by atoms with Crippen LogP contribution in [0.3, 0.4) is 0 Å². The first-order chi connectivity index (χ1) is 12.4. The van der Waals surface area contributed by atoms with Crippen LogP contribution in [0.5, 0.6) is 0 Å². The van der Waals surface area contributed by atoms with Crippen molar-refractivity contribution in [2.45, 2.75) is 24.7 Å². The third kappa shape index (κ3) is 4.08. The molecule has 3 aromatic rings. The zero-order chi connectivity index (χ0) is 18.7. The van der Waals surface area contributed by atoms with Crippen molar-refractivity contribution in [2.75, 3.05) is 4.72 Å². The highest BCUT2D eigenvalue weighted by Gasteiger charge is 2.17. The molecule has 0 amide bonds. The second-order valence-corrected chi connectivity index (χ2v) is 8.16. The fourth-order valence-electron chi connectivity index (χ4n) is 2.65. The van der Waals surface area contributed by atoms with Gasteiger partial charge in [0.05, 0.1) is 10.6 Å². The second kappa shape index (κ2) is 7.51. The maximum Gasteiger partial charge on any atom is 0.263 e. The van der Waals surface area contributed by atoms with E-state index in [4.69, 9.17) is 11.6 Å². The van der Waals surface area contributed by atoms with Crippen molar-refractivity contribution in [1.29, 1.82) is 0 Å². The average molecular weight is 390 g/mol. The molecule has 0 aliphatic carbocycles. The van der Waals surface area contributed by atoms with E-state index >= 15 is 0 Å². The molecule has 136 valence electrons. The van der Waals surface area contributed by atoms with E-state index in [9.17, 15) is 8.42 Å². The highest BCUT2D eigenvalue weighted by Crippen LogP contribution is 2.24. The Hall–Kier alpha value is -2.31. The van der Waals surface area contributed by atoms with E-state index < -0.39 is 10.0 Å². The zero-order valence-corrected chi connectivity index (χ0v) is 16.2. The number of hydrogen-bond donors (Lipinski definition) is 1. The predicted octanol–water partition coefficient (Wildman–Crippen LogP) is 4.49. The normalized spacial score (nSPS) is 11.5. The van der Waals surface area contributed by atoms with E-state index in [2.05, 4.69) is 16.7 Å². The molecule has 2 aromatic carbocycles. The maximum atomic E-state index is 12.6. The molecule has 0 aliphatic rings. The minimum Gasteiger partial charge on any atom is -0.264 e. The van der Waals surface area contributed by atoms with Crippen LogP contribution in [0.4, 0.5) is 5.82 Å². The van der Waals surface area contributed by atoms with E-state index in [-0.39, 0.29) is 4.90 Å². The average Bonchev–Trinajstić information content (AvgIpc) is 2.96. The van der Waals surface area contributed by atoms with Gasteiger partial charge in [0.25, 0.3) is 10.0 Å². The number of hydrogen-bond acceptors (Lipinski definition) is 3. The number of anilines is 1. The van der Waals surface area contributed by atoms with Gasteiger partial charge in [-0.15, -0.1) is 0 Å². The minimum absolute atomic E-state index is 0.228. The monoisotopic (exact) mass is 389 g/mol. The summed E-state index contributed by atoms with van der Waals surface area (Å²) in [6.07, 6.45) is 1.95. The van der Waals surface area contributed by atoms with E-state index in [0.717, 1.165) is 24.0 Å². The Labute approximate surface area is 158 Å². The molecule has 0 saturated heterocycles. The highest BCUT2D eigenvalue weighted by atomic mass is 35.5. The van der Waals surface area contributed by atoms with Gasteiger partial charge >= 0.3 is 0 Å². The molecule has 0 saturated carbocycles. The van der Waals surface area contributed by atoms with Gasteiger partial charge in [-0.3, -0.25) is 9.40 Å². The summed E-state index contributed by atoms with van der Waals surface area (Å²) >= 11 is 5.90. The number of benzene rings is 2. The van der Waals surface area contributed by atoms with E-state index in [1.165, 1.54) is 4.68 Å². The van der Waals surface area contributed by atoms with Crippen molar-refractivity contribution >= 4 is 27.4 Å². The molecule has 0 unspecified atom stereocenters. The summed E-state index contributed by atoms with van der Waals surface area (Å²) < 4.78 is 29.4. The fraction of sp³-hybridized carbons (Fsp3) is 0.211. The lowest BCUT2D eigenvalue weighted by Crippen LogP contribution is -2.15. The van der Waals surface area contributed by atoms with Crippen LogP contribution in [0.2, 0.25) is 5.02 Å². The second-order valence-electron chi connectivity index (χ2n) is 6.04. The quantitative estimate of drug-likeness (QED) is 0.675. The van der Waals surface area contributed by atoms with Gasteiger partial charge in [0.15, 0.2) is 0 Å². The van der Waals surface area contributed by atoms with Crippen LogP contribution in [0.1, 0.15) is 18.9 Å². The van der Waals surface area contributed by atoms with Gasteiger partial charge in [0.1, 0.15) is 5.82 Å². The largest absolute Gasteiger partial charge is 0.264 e. The molecule has 26 heavy (non-hydrogen) atoms. The molecular weight excluding hydrogens is 370 g/mol. The molecule has 0 aliphatic heterocycles. The van der Waals surface area contributed by atoms with Gasteiger partial charge in [-0.1, -0.05) is 49.2 Å². The Bertz CT molecular complexity index is 994. The number of aryl methyl sites for hydroxylation is 2. The number of nitrogens with zero attached hydrogens (tertiary/aromatic N) is 2. The van der Waals surface area contributed by atoms with Crippen molar-refractivity contribution in [3.63, 3.8) is 0 Å². The number of halogens is 1. The van der Waals surface area contributed by atoms with Crippen LogP contribution in [-0.2, 0) is 23.5 Å². The first-order valence-corrected chi connectivity index (χ1v) is 10.2. The van der Waals surface area contributed by atoms with Crippen LogP contribution in [0, 0.1) is 0 Å². The topological polar surface area (TPSA) is 64.0 Å². The summed E-state index contributed by atoms with van der Waals surface area (Å²) in [5.74, 6) is 0.396. The third-order valence-corrected chi connectivity index (χ3v) is 5.65. The summed E-state index contributed by atoms with van der Waals surface area (Å²) in [5, 5.41) is 5.01. The summed E-state index contributed by atoms with van der Waals surface area (Å²) in [6, 6.07) is 15.9. The third-order valence-electron chi connectivity index (χ3n) is 4.03. The molecule has 0 bridgehead atoms. The van der Waals surface area contributed by atoms with Crippen LogP contribution in [-0.4, -0.2) is 18.2 Å². The standard InChI is InChI=1S/C19H20ClN3O2S/c1-3-4-14-5-11-17(12-6-14)26(24,25)22-19-13-18(21-23(19)2)15-7-9-16(20)10-8-15/h5-13,22H,3-4H2,1-2H3. The molecule has 0 spiro atoms.